The van der Waals surface area contributed by atoms with Crippen LogP contribution in [0, 0.1) is 0 Å². The molecule has 0 saturated carbocycles. The zero-order chi connectivity index (χ0) is 31.7. The second-order valence-corrected chi connectivity index (χ2v) is 35.3. The van der Waals surface area contributed by atoms with Gasteiger partial charge in [-0.05, 0) is 0 Å². The number of hydrogen-bond acceptors (Lipinski definition) is 1. The normalized spacial score (nSPS) is 14.6. The Balaban J connectivity index is 0.00000208. The zero-order valence-corrected chi connectivity index (χ0v) is 33.0. The summed E-state index contributed by atoms with van der Waals surface area (Å²) in [4.78, 5) is 2.60. The van der Waals surface area contributed by atoms with Gasteiger partial charge in [0.05, 0.1) is 0 Å². The quantitative estimate of drug-likeness (QED) is 0.132. The fourth-order valence-corrected chi connectivity index (χ4v) is 32.6. The van der Waals surface area contributed by atoms with Gasteiger partial charge in [0.2, 0.25) is 0 Å². The molecular formula is C44H41Cl2NSiZr. The Kier molecular flexibility index (Phi) is 10.5. The van der Waals surface area contributed by atoms with Crippen LogP contribution in [0.25, 0.3) is 11.1 Å². The van der Waals surface area contributed by atoms with Crippen LogP contribution in [0.4, 0.5) is 5.69 Å². The summed E-state index contributed by atoms with van der Waals surface area (Å²) in [6, 6.07) is 61.6. The average molecular weight is 774 g/mol. The number of allylic oxidation sites excluding steroid dienone is 4. The van der Waals surface area contributed by atoms with E-state index in [1.807, 2.05) is 0 Å². The van der Waals surface area contributed by atoms with Crippen LogP contribution in [-0.4, -0.2) is 6.88 Å². The van der Waals surface area contributed by atoms with Gasteiger partial charge in [-0.15, -0.1) is 24.8 Å². The monoisotopic (exact) mass is 771 g/mol. The predicted molar refractivity (Wildman–Crippen MR) is 214 cm³/mol. The summed E-state index contributed by atoms with van der Waals surface area (Å²) < 4.78 is 4.99. The summed E-state index contributed by atoms with van der Waals surface area (Å²) in [5.74, 6) is 0. The van der Waals surface area contributed by atoms with Gasteiger partial charge in [0.25, 0.3) is 0 Å². The number of nitrogens with zero attached hydrogens (tertiary/aromatic N) is 1. The molecule has 244 valence electrons. The molecule has 0 N–H and O–H groups in total. The molecule has 1 atom stereocenters. The van der Waals surface area contributed by atoms with E-state index in [0.717, 1.165) is 19.5 Å². The minimum absolute atomic E-state index is 0. The van der Waals surface area contributed by atoms with Crippen molar-refractivity contribution >= 4 is 43.9 Å². The van der Waals surface area contributed by atoms with Gasteiger partial charge in [-0.1, -0.05) is 0 Å². The molecule has 0 heterocycles. The first-order chi connectivity index (χ1) is 23.2. The number of anilines is 1. The number of hydrogen-bond donors (Lipinski definition) is 0. The van der Waals surface area contributed by atoms with Crippen molar-refractivity contribution in [3.8, 4) is 11.1 Å². The van der Waals surface area contributed by atoms with Crippen LogP contribution in [0.3, 0.4) is 0 Å². The maximum absolute atomic E-state index is 4.47. The molecule has 5 heteroatoms. The zero-order valence-electron chi connectivity index (χ0n) is 27.5. The molecule has 0 radical (unpaired) electrons. The molecule has 8 rings (SSSR count). The number of fused-ring (bicyclic) bond motifs is 3. The number of benzene rings is 6. The van der Waals surface area contributed by atoms with Crippen LogP contribution < -0.4 is 11.4 Å². The predicted octanol–water partition coefficient (Wildman–Crippen LogP) is 9.54. The van der Waals surface area contributed by atoms with E-state index in [0.29, 0.717) is 0 Å². The van der Waals surface area contributed by atoms with Crippen molar-refractivity contribution in [1.82, 2.24) is 0 Å². The van der Waals surface area contributed by atoms with Crippen LogP contribution >= 0.6 is 24.8 Å². The van der Waals surface area contributed by atoms with Crippen LogP contribution in [-0.2, 0) is 30.5 Å². The Morgan fingerprint density at radius 2 is 1.04 bits per heavy atom. The Hall–Kier alpha value is -3.72. The molecule has 0 aliphatic heterocycles. The van der Waals surface area contributed by atoms with E-state index in [1.54, 1.807) is 3.28 Å². The summed E-state index contributed by atoms with van der Waals surface area (Å²) in [6.07, 6.45) is 8.19. The van der Waals surface area contributed by atoms with Crippen LogP contribution in [0.5, 0.6) is 0 Å². The maximum atomic E-state index is 2.60. The second kappa shape index (κ2) is 14.6. The molecule has 0 amide bonds. The van der Waals surface area contributed by atoms with E-state index in [4.69, 9.17) is 0 Å². The molecule has 1 unspecified atom stereocenters. The Labute approximate surface area is 305 Å². The fraction of sp³-hybridized carbons (Fsp3) is 0.0909. The van der Waals surface area contributed by atoms with E-state index in [1.165, 1.54) is 45.6 Å². The van der Waals surface area contributed by atoms with E-state index in [-0.39, 0.29) is 28.4 Å². The number of halogens is 2. The molecule has 0 saturated heterocycles. The first-order valence-corrected chi connectivity index (χ1v) is 27.7. The van der Waals surface area contributed by atoms with E-state index in [9.17, 15) is 0 Å². The third-order valence-corrected chi connectivity index (χ3v) is 37.9. The Morgan fingerprint density at radius 3 is 1.57 bits per heavy atom. The molecule has 6 aromatic rings. The average Bonchev–Trinajstić information content (AvgIpc) is 3.81. The summed E-state index contributed by atoms with van der Waals surface area (Å²) in [7, 11) is 0. The van der Waals surface area contributed by atoms with Crippen LogP contribution in [0.15, 0.2) is 185 Å². The van der Waals surface area contributed by atoms with Gasteiger partial charge in [-0.2, -0.15) is 0 Å². The van der Waals surface area contributed by atoms with Gasteiger partial charge in [0.15, 0.2) is 0 Å². The van der Waals surface area contributed by atoms with Gasteiger partial charge in [0.1, 0.15) is 0 Å². The van der Waals surface area contributed by atoms with Gasteiger partial charge < -0.3 is 0 Å². The Morgan fingerprint density at radius 1 is 0.551 bits per heavy atom. The third kappa shape index (κ3) is 5.85. The number of rotatable bonds is 9. The van der Waals surface area contributed by atoms with Gasteiger partial charge in [0, 0.05) is 0 Å². The first kappa shape index (κ1) is 35.1. The molecule has 1 nitrogen and oxygen atoms in total. The van der Waals surface area contributed by atoms with Gasteiger partial charge in [-0.3, -0.25) is 0 Å². The molecule has 2 aliphatic rings. The van der Waals surface area contributed by atoms with Crippen LogP contribution in [0.1, 0.15) is 32.3 Å². The van der Waals surface area contributed by atoms with Crippen molar-refractivity contribution in [2.75, 3.05) is 4.90 Å². The second-order valence-electron chi connectivity index (χ2n) is 13.2. The summed E-state index contributed by atoms with van der Waals surface area (Å²) in [6.45, 7) is 4.09. The van der Waals surface area contributed by atoms with Crippen molar-refractivity contribution in [3.05, 3.63) is 208 Å². The third-order valence-electron chi connectivity index (χ3n) is 10.7. The molecule has 0 spiro atoms. The summed E-state index contributed by atoms with van der Waals surface area (Å²) >= 11 is -4.47. The summed E-state index contributed by atoms with van der Waals surface area (Å²) in [5.41, 5.74) is 9.72. The van der Waals surface area contributed by atoms with Crippen LogP contribution in [0.2, 0.25) is 0 Å². The molecule has 0 bridgehead atoms. The van der Waals surface area contributed by atoms with Crippen molar-refractivity contribution < 1.29 is 17.4 Å². The molecular weight excluding hydrogens is 733 g/mol. The van der Waals surface area contributed by atoms with Crippen molar-refractivity contribution in [2.24, 2.45) is 0 Å². The Bertz CT molecular complexity index is 2100. The SMILES string of the molecule is Cl.Cl.[SiH2]=[Zr]([C]1=CC=CC1)([c]1ccccc1)([c]1ccccc1)[CH]1c2ccccc2-c2c1cccc2N(Cc1ccccc1)Cc1ccccc1. The van der Waals surface area contributed by atoms with E-state index < -0.39 is 17.4 Å². The van der Waals surface area contributed by atoms with E-state index >= 15 is 0 Å². The molecule has 2 aliphatic carbocycles. The molecule has 0 aromatic heterocycles. The molecule has 49 heavy (non-hydrogen) atoms. The molecule has 6 aromatic carbocycles. The van der Waals surface area contributed by atoms with Crippen molar-refractivity contribution in [2.45, 2.75) is 23.1 Å². The van der Waals surface area contributed by atoms with Gasteiger partial charge >= 0.3 is 283 Å². The topological polar surface area (TPSA) is 3.24 Å². The van der Waals surface area contributed by atoms with Crippen molar-refractivity contribution in [3.63, 3.8) is 0 Å². The van der Waals surface area contributed by atoms with Crippen molar-refractivity contribution in [1.29, 1.82) is 0 Å². The van der Waals surface area contributed by atoms with E-state index in [2.05, 4.69) is 194 Å². The molecule has 0 fully saturated rings. The minimum atomic E-state index is -4.47. The summed E-state index contributed by atoms with van der Waals surface area (Å²) in [5, 5.41) is 0. The standard InChI is InChI=1S/C27H22N.2C6H5.C5H5.2ClH.H2Si.Zr/c1-3-10-21(11-4-1)19-28(20-22-12-5-2-6-13-22)26-17-9-15-24-18-23-14-7-8-16-25(23)27(24)26;2*1-2-4-6-5-3-1;1-2-4-5-3-1;;;;/h1-18H,19-20H2;2*1-5H;1-3H,4H2;2*1H;1H2;. The first-order valence-electron chi connectivity index (χ1n) is 16.7. The fourth-order valence-electron chi connectivity index (χ4n) is 8.58. The van der Waals surface area contributed by atoms with Gasteiger partial charge in [-0.25, -0.2) is 0 Å².